The molecular formula is C16H20N6O3S2. The smallest absolute Gasteiger partial charge is 0.327 e. The lowest BCUT2D eigenvalue weighted by Crippen LogP contribution is -2.44. The van der Waals surface area contributed by atoms with E-state index in [1.165, 1.54) is 4.90 Å². The normalized spacial score (nSPS) is 11.5. The minimum absolute atomic E-state index is 0.0377. The van der Waals surface area contributed by atoms with E-state index in [1.807, 2.05) is 30.3 Å². The van der Waals surface area contributed by atoms with Gasteiger partial charge in [0, 0.05) is 20.0 Å². The third kappa shape index (κ3) is 6.89. The Morgan fingerprint density at radius 1 is 1.33 bits per heavy atom. The van der Waals surface area contributed by atoms with Crippen LogP contribution in [0.15, 0.2) is 30.3 Å². The molecule has 144 valence electrons. The number of rotatable bonds is 7. The highest BCUT2D eigenvalue weighted by Crippen LogP contribution is 2.10. The molecule has 0 spiro atoms. The van der Waals surface area contributed by atoms with Gasteiger partial charge in [-0.3, -0.25) is 25.3 Å². The van der Waals surface area contributed by atoms with Gasteiger partial charge in [-0.05, 0) is 24.2 Å². The van der Waals surface area contributed by atoms with E-state index < -0.39 is 18.0 Å². The Balaban J connectivity index is 1.73. The van der Waals surface area contributed by atoms with Crippen molar-refractivity contribution in [3.8, 4) is 0 Å². The Morgan fingerprint density at radius 2 is 2.04 bits per heavy atom. The number of carbonyl (C=O) groups excluding carboxylic acids is 3. The average molecular weight is 409 g/mol. The number of aromatic nitrogens is 2. The van der Waals surface area contributed by atoms with Crippen LogP contribution in [0.5, 0.6) is 0 Å². The first kappa shape index (κ1) is 20.7. The van der Waals surface area contributed by atoms with Crippen molar-refractivity contribution >= 4 is 46.5 Å². The van der Waals surface area contributed by atoms with Crippen LogP contribution in [0.25, 0.3) is 0 Å². The number of hydrogen-bond acceptors (Lipinski definition) is 7. The second-order valence-electron chi connectivity index (χ2n) is 5.73. The Labute approximate surface area is 164 Å². The monoisotopic (exact) mass is 408 g/mol. The summed E-state index contributed by atoms with van der Waals surface area (Å²) in [7, 11) is 1.57. The number of H-pyrrole nitrogens is 1. The van der Waals surface area contributed by atoms with Crippen LogP contribution in [0.2, 0.25) is 0 Å². The second kappa shape index (κ2) is 9.90. The van der Waals surface area contributed by atoms with E-state index in [-0.39, 0.29) is 24.0 Å². The average Bonchev–Trinajstić information content (AvgIpc) is 3.04. The molecule has 0 saturated carbocycles. The molecule has 0 unspecified atom stereocenters. The van der Waals surface area contributed by atoms with Crippen molar-refractivity contribution in [2.45, 2.75) is 18.9 Å². The van der Waals surface area contributed by atoms with Gasteiger partial charge in [-0.25, -0.2) is 4.79 Å². The fraction of sp³-hybridized carbons (Fsp3) is 0.312. The molecule has 27 heavy (non-hydrogen) atoms. The molecule has 0 bridgehead atoms. The molecule has 1 atom stereocenters. The summed E-state index contributed by atoms with van der Waals surface area (Å²) in [5, 5.41) is 11.1. The minimum Gasteiger partial charge on any atom is -0.344 e. The molecular weight excluding hydrogens is 388 g/mol. The molecule has 1 aromatic heterocycles. The fourth-order valence-corrected chi connectivity index (χ4v) is 3.00. The maximum absolute atomic E-state index is 12.3. The summed E-state index contributed by atoms with van der Waals surface area (Å²) in [5.74, 6) is -0.796. The molecule has 2 aromatic rings. The van der Waals surface area contributed by atoms with E-state index in [1.54, 1.807) is 7.05 Å². The number of hydrogen-bond donors (Lipinski definition) is 4. The van der Waals surface area contributed by atoms with Crippen LogP contribution in [0.1, 0.15) is 12.0 Å². The van der Waals surface area contributed by atoms with Crippen LogP contribution in [0.3, 0.4) is 0 Å². The molecule has 2 rings (SSSR count). The Morgan fingerprint density at radius 3 is 2.67 bits per heavy atom. The predicted octanol–water partition coefficient (Wildman–Crippen LogP) is 1.27. The van der Waals surface area contributed by atoms with Crippen LogP contribution >= 0.6 is 23.6 Å². The van der Waals surface area contributed by atoms with Crippen LogP contribution < -0.4 is 16.4 Å². The van der Waals surface area contributed by atoms with Crippen molar-refractivity contribution in [3.63, 3.8) is 0 Å². The molecule has 4 amide bonds. The van der Waals surface area contributed by atoms with Gasteiger partial charge in [0.2, 0.25) is 16.9 Å². The molecule has 0 fully saturated rings. The quantitative estimate of drug-likeness (QED) is 0.510. The van der Waals surface area contributed by atoms with Crippen LogP contribution in [0, 0.1) is 3.95 Å². The van der Waals surface area contributed by atoms with Gasteiger partial charge >= 0.3 is 6.03 Å². The Hall–Kier alpha value is -2.63. The fourth-order valence-electron chi connectivity index (χ4n) is 2.22. The number of imide groups is 1. The van der Waals surface area contributed by atoms with Crippen LogP contribution in [0.4, 0.5) is 9.93 Å². The summed E-state index contributed by atoms with van der Waals surface area (Å²) >= 11 is 5.91. The third-order valence-electron chi connectivity index (χ3n) is 3.58. The number of nitrogens with two attached hydrogens (primary N) is 1. The number of aromatic amines is 1. The topological polar surface area (TPSA) is 133 Å². The van der Waals surface area contributed by atoms with Gasteiger partial charge in [-0.15, -0.1) is 5.10 Å². The predicted molar refractivity (Wildman–Crippen MR) is 105 cm³/mol. The minimum atomic E-state index is -0.715. The zero-order chi connectivity index (χ0) is 19.8. The molecule has 0 aliphatic carbocycles. The van der Waals surface area contributed by atoms with Crippen LogP contribution in [-0.4, -0.2) is 52.6 Å². The van der Waals surface area contributed by atoms with Crippen molar-refractivity contribution in [1.82, 2.24) is 20.4 Å². The number of likely N-dealkylation sites (N-methyl/N-ethyl adjacent to an activating group) is 1. The summed E-state index contributed by atoms with van der Waals surface area (Å²) < 4.78 is 0.406. The maximum Gasteiger partial charge on any atom is 0.327 e. The van der Waals surface area contributed by atoms with E-state index in [2.05, 4.69) is 20.8 Å². The third-order valence-corrected chi connectivity index (χ3v) is 4.58. The van der Waals surface area contributed by atoms with E-state index in [0.29, 0.717) is 10.4 Å². The van der Waals surface area contributed by atoms with Crippen molar-refractivity contribution in [2.24, 2.45) is 5.73 Å². The number of benzene rings is 1. The lowest BCUT2D eigenvalue weighted by molar-refractivity contribution is -0.131. The highest BCUT2D eigenvalue weighted by Gasteiger charge is 2.19. The van der Waals surface area contributed by atoms with Gasteiger partial charge in [0.1, 0.15) is 0 Å². The zero-order valence-electron chi connectivity index (χ0n) is 14.6. The molecule has 1 heterocycles. The van der Waals surface area contributed by atoms with Gasteiger partial charge < -0.3 is 10.6 Å². The molecule has 9 nitrogen and oxygen atoms in total. The molecule has 0 aliphatic heterocycles. The van der Waals surface area contributed by atoms with Gasteiger partial charge in [-0.1, -0.05) is 41.7 Å². The zero-order valence-corrected chi connectivity index (χ0v) is 16.2. The highest BCUT2D eigenvalue weighted by molar-refractivity contribution is 7.73. The first-order valence-electron chi connectivity index (χ1n) is 8.06. The highest BCUT2D eigenvalue weighted by atomic mass is 32.1. The maximum atomic E-state index is 12.3. The lowest BCUT2D eigenvalue weighted by Gasteiger charge is -2.21. The molecule has 1 aromatic carbocycles. The number of carbonyl (C=O) groups is 3. The van der Waals surface area contributed by atoms with Crippen LogP contribution in [-0.2, 0) is 16.0 Å². The molecule has 11 heteroatoms. The number of amides is 4. The number of anilines is 1. The summed E-state index contributed by atoms with van der Waals surface area (Å²) in [5.41, 5.74) is 6.91. The van der Waals surface area contributed by atoms with Crippen molar-refractivity contribution in [1.29, 1.82) is 0 Å². The first-order valence-corrected chi connectivity index (χ1v) is 9.28. The molecule has 0 saturated heterocycles. The number of urea groups is 1. The van der Waals surface area contributed by atoms with Crippen molar-refractivity contribution in [2.75, 3.05) is 18.9 Å². The molecule has 5 N–H and O–H groups in total. The van der Waals surface area contributed by atoms with Crippen molar-refractivity contribution in [3.05, 3.63) is 39.8 Å². The van der Waals surface area contributed by atoms with Gasteiger partial charge in [0.25, 0.3) is 0 Å². The van der Waals surface area contributed by atoms with Gasteiger partial charge in [0.15, 0.2) is 3.95 Å². The number of nitrogens with zero attached hydrogens (tertiary/aromatic N) is 2. The van der Waals surface area contributed by atoms with Gasteiger partial charge in [-0.2, -0.15) is 0 Å². The summed E-state index contributed by atoms with van der Waals surface area (Å²) in [4.78, 5) is 37.2. The van der Waals surface area contributed by atoms with E-state index in [4.69, 9.17) is 18.0 Å². The first-order chi connectivity index (χ1) is 12.8. The number of nitrogens with one attached hydrogen (secondary N) is 3. The Kier molecular flexibility index (Phi) is 7.58. The summed E-state index contributed by atoms with van der Waals surface area (Å²) in [6.07, 6.45) is 0.373. The lowest BCUT2D eigenvalue weighted by atomic mass is 10.1. The standard InChI is InChI=1S/C16H20N6O3S2/c1-22(13(24)11(17)9-10-5-3-2-4-6-10)8-7-12(23)18-14(25)19-15-20-21-16(26)27-15/h2-6,11H,7-9,17H2,1H3,(H,21,26)(H2,18,19,20,23,25)/t11-/m0/s1. The largest absolute Gasteiger partial charge is 0.344 e. The van der Waals surface area contributed by atoms with E-state index in [9.17, 15) is 14.4 Å². The van der Waals surface area contributed by atoms with E-state index in [0.717, 1.165) is 16.9 Å². The second-order valence-corrected chi connectivity index (χ2v) is 7.39. The summed E-state index contributed by atoms with van der Waals surface area (Å²) in [6.45, 7) is 0.141. The summed E-state index contributed by atoms with van der Waals surface area (Å²) in [6, 6.07) is 8.03. The molecule has 0 radical (unpaired) electrons. The van der Waals surface area contributed by atoms with Gasteiger partial charge in [0.05, 0.1) is 6.04 Å². The van der Waals surface area contributed by atoms with E-state index >= 15 is 0 Å². The van der Waals surface area contributed by atoms with Crippen molar-refractivity contribution < 1.29 is 14.4 Å². The Bertz CT molecular complexity index is 851. The molecule has 0 aliphatic rings. The SMILES string of the molecule is CN(CCC(=O)NC(=O)Nc1n[nH]c(=S)s1)C(=O)[C@@H](N)Cc1ccccc1.